The highest BCUT2D eigenvalue weighted by Crippen LogP contribution is 2.33. The summed E-state index contributed by atoms with van der Waals surface area (Å²) in [5, 5.41) is 4.01. The minimum atomic E-state index is -4.32. The van der Waals surface area contributed by atoms with Crippen molar-refractivity contribution in [3.05, 3.63) is 41.2 Å². The van der Waals surface area contributed by atoms with Crippen LogP contribution in [-0.4, -0.2) is 23.6 Å². The van der Waals surface area contributed by atoms with Crippen LogP contribution in [0.25, 0.3) is 11.3 Å². The van der Waals surface area contributed by atoms with Crippen LogP contribution in [0.5, 0.6) is 0 Å². The molecule has 106 valence electrons. The van der Waals surface area contributed by atoms with Gasteiger partial charge in [-0.05, 0) is 19.2 Å². The molecule has 0 radical (unpaired) electrons. The summed E-state index contributed by atoms with van der Waals surface area (Å²) in [5.74, 6) is 0.831. The van der Waals surface area contributed by atoms with Crippen molar-refractivity contribution in [1.29, 1.82) is 0 Å². The molecule has 3 nitrogen and oxygen atoms in total. The van der Waals surface area contributed by atoms with Gasteiger partial charge in [0.2, 0.25) is 0 Å². The molecule has 0 aliphatic carbocycles. The summed E-state index contributed by atoms with van der Waals surface area (Å²) in [6.45, 7) is 1.60. The van der Waals surface area contributed by atoms with E-state index in [-0.39, 0.29) is 0 Å². The predicted octanol–water partition coefficient (Wildman–Crippen LogP) is 3.35. The van der Waals surface area contributed by atoms with E-state index in [4.69, 9.17) is 4.52 Å². The molecule has 1 aliphatic rings. The summed E-state index contributed by atoms with van der Waals surface area (Å²) in [4.78, 5) is 2.13. The maximum Gasteiger partial charge on any atom is 0.416 e. The summed E-state index contributed by atoms with van der Waals surface area (Å²) in [7, 11) is 1.99. The Morgan fingerprint density at radius 2 is 1.90 bits per heavy atom. The van der Waals surface area contributed by atoms with Gasteiger partial charge < -0.3 is 9.42 Å². The average molecular weight is 282 g/mol. The van der Waals surface area contributed by atoms with Gasteiger partial charge in [0.1, 0.15) is 11.5 Å². The number of hydrogen-bond acceptors (Lipinski definition) is 3. The van der Waals surface area contributed by atoms with Gasteiger partial charge in [-0.2, -0.15) is 13.2 Å². The first kappa shape index (κ1) is 13.2. The van der Waals surface area contributed by atoms with Crippen molar-refractivity contribution in [2.24, 2.45) is 0 Å². The normalized spacial score (nSPS) is 16.2. The summed E-state index contributed by atoms with van der Waals surface area (Å²) in [6, 6.07) is 5.02. The van der Waals surface area contributed by atoms with Crippen molar-refractivity contribution in [2.45, 2.75) is 19.1 Å². The minimum absolute atomic E-state index is 0.639. The van der Waals surface area contributed by atoms with E-state index in [0.717, 1.165) is 36.4 Å². The number of nitrogens with zero attached hydrogens (tertiary/aromatic N) is 2. The van der Waals surface area contributed by atoms with E-state index in [9.17, 15) is 13.2 Å². The Hall–Kier alpha value is -1.82. The van der Waals surface area contributed by atoms with Gasteiger partial charge in [-0.25, -0.2) is 0 Å². The fourth-order valence-corrected chi connectivity index (χ4v) is 2.39. The lowest BCUT2D eigenvalue weighted by Crippen LogP contribution is -2.25. The summed E-state index contributed by atoms with van der Waals surface area (Å²) in [6.07, 6.45) is -3.54. The fourth-order valence-electron chi connectivity index (χ4n) is 2.39. The van der Waals surface area contributed by atoms with Crippen LogP contribution in [0.3, 0.4) is 0 Å². The highest BCUT2D eigenvalue weighted by atomic mass is 19.4. The van der Waals surface area contributed by atoms with Crippen LogP contribution in [0.1, 0.15) is 16.9 Å². The van der Waals surface area contributed by atoms with Gasteiger partial charge in [0.05, 0.1) is 5.56 Å². The smallest absolute Gasteiger partial charge is 0.360 e. The Labute approximate surface area is 114 Å². The Bertz CT molecular complexity index is 616. The van der Waals surface area contributed by atoms with Crippen molar-refractivity contribution < 1.29 is 17.7 Å². The van der Waals surface area contributed by atoms with Crippen molar-refractivity contribution >= 4 is 0 Å². The van der Waals surface area contributed by atoms with Crippen LogP contribution in [0.2, 0.25) is 0 Å². The van der Waals surface area contributed by atoms with Crippen LogP contribution < -0.4 is 0 Å². The molecule has 2 heterocycles. The first-order chi connectivity index (χ1) is 9.45. The topological polar surface area (TPSA) is 29.3 Å². The zero-order valence-electron chi connectivity index (χ0n) is 10.9. The van der Waals surface area contributed by atoms with Gasteiger partial charge >= 0.3 is 6.18 Å². The van der Waals surface area contributed by atoms with Gasteiger partial charge in [-0.15, -0.1) is 0 Å². The lowest BCUT2D eigenvalue weighted by Gasteiger charge is -2.21. The van der Waals surface area contributed by atoms with Crippen LogP contribution >= 0.6 is 0 Å². The van der Waals surface area contributed by atoms with Crippen LogP contribution in [0.15, 0.2) is 28.8 Å². The first-order valence-corrected chi connectivity index (χ1v) is 6.29. The van der Waals surface area contributed by atoms with Crippen LogP contribution in [0, 0.1) is 0 Å². The quantitative estimate of drug-likeness (QED) is 0.803. The second kappa shape index (κ2) is 4.63. The molecule has 2 aromatic rings. The Morgan fingerprint density at radius 3 is 2.55 bits per heavy atom. The zero-order valence-corrected chi connectivity index (χ0v) is 10.9. The Balaban J connectivity index is 1.96. The molecule has 0 unspecified atom stereocenters. The molecule has 0 N–H and O–H groups in total. The van der Waals surface area contributed by atoms with E-state index in [1.165, 1.54) is 12.1 Å². The summed E-state index contributed by atoms with van der Waals surface area (Å²) < 4.78 is 42.9. The number of benzene rings is 1. The van der Waals surface area contributed by atoms with Gasteiger partial charge in [0, 0.05) is 30.6 Å². The molecule has 3 rings (SSSR count). The van der Waals surface area contributed by atoms with Crippen molar-refractivity contribution in [3.8, 4) is 11.3 Å². The molecule has 0 fully saturated rings. The predicted molar refractivity (Wildman–Crippen MR) is 67.0 cm³/mol. The van der Waals surface area contributed by atoms with Crippen molar-refractivity contribution in [2.75, 3.05) is 13.6 Å². The minimum Gasteiger partial charge on any atom is -0.360 e. The molecule has 20 heavy (non-hydrogen) atoms. The number of fused-ring (bicyclic) bond motifs is 1. The molecule has 0 amide bonds. The number of halogens is 3. The molecule has 1 aliphatic heterocycles. The SMILES string of the molecule is CN1CCc2onc(-c3ccc(C(F)(F)F)cc3)c2C1. The van der Waals surface area contributed by atoms with E-state index in [1.54, 1.807) is 0 Å². The maximum atomic E-state index is 12.5. The van der Waals surface area contributed by atoms with Crippen molar-refractivity contribution in [3.63, 3.8) is 0 Å². The lowest BCUT2D eigenvalue weighted by molar-refractivity contribution is -0.137. The third-order valence-corrected chi connectivity index (χ3v) is 3.50. The van der Waals surface area contributed by atoms with E-state index >= 15 is 0 Å². The second-order valence-electron chi connectivity index (χ2n) is 5.00. The van der Waals surface area contributed by atoms with Gasteiger partial charge in [-0.3, -0.25) is 0 Å². The van der Waals surface area contributed by atoms with Crippen LogP contribution in [0.4, 0.5) is 13.2 Å². The first-order valence-electron chi connectivity index (χ1n) is 6.29. The maximum absolute atomic E-state index is 12.5. The number of rotatable bonds is 1. The molecule has 6 heteroatoms. The van der Waals surface area contributed by atoms with E-state index in [2.05, 4.69) is 10.1 Å². The molecule has 0 bridgehead atoms. The molecular weight excluding hydrogens is 269 g/mol. The highest BCUT2D eigenvalue weighted by Gasteiger charge is 2.30. The Kier molecular flexibility index (Phi) is 3.05. The summed E-state index contributed by atoms with van der Waals surface area (Å²) >= 11 is 0. The third-order valence-electron chi connectivity index (χ3n) is 3.50. The van der Waals surface area contributed by atoms with Gasteiger partial charge in [0.15, 0.2) is 0 Å². The monoisotopic (exact) mass is 282 g/mol. The van der Waals surface area contributed by atoms with Crippen LogP contribution in [-0.2, 0) is 19.1 Å². The molecule has 1 aromatic carbocycles. The largest absolute Gasteiger partial charge is 0.416 e. The number of likely N-dealkylation sites (N-methyl/N-ethyl adjacent to an activating group) is 1. The third kappa shape index (κ3) is 2.31. The molecule has 0 atom stereocenters. The van der Waals surface area contributed by atoms with Crippen molar-refractivity contribution in [1.82, 2.24) is 10.1 Å². The standard InChI is InChI=1S/C14H13F3N2O/c1-19-7-6-12-11(8-19)13(18-20-12)9-2-4-10(5-3-9)14(15,16)17/h2-5H,6-8H2,1H3. The van der Waals surface area contributed by atoms with Gasteiger partial charge in [-0.1, -0.05) is 17.3 Å². The number of aromatic nitrogens is 1. The highest BCUT2D eigenvalue weighted by molar-refractivity contribution is 5.64. The molecule has 0 saturated heterocycles. The second-order valence-corrected chi connectivity index (χ2v) is 5.00. The van der Waals surface area contributed by atoms with E-state index in [1.807, 2.05) is 7.05 Å². The zero-order chi connectivity index (χ0) is 14.3. The molecular formula is C14H13F3N2O. The Morgan fingerprint density at radius 1 is 1.20 bits per heavy atom. The van der Waals surface area contributed by atoms with Gasteiger partial charge in [0.25, 0.3) is 0 Å². The number of alkyl halides is 3. The molecule has 0 spiro atoms. The molecule has 1 aromatic heterocycles. The van der Waals surface area contributed by atoms with E-state index < -0.39 is 11.7 Å². The summed E-state index contributed by atoms with van der Waals surface area (Å²) in [5.41, 5.74) is 1.60. The van der Waals surface area contributed by atoms with E-state index in [0.29, 0.717) is 17.8 Å². The average Bonchev–Trinajstić information content (AvgIpc) is 2.81. The number of hydrogen-bond donors (Lipinski definition) is 0. The fraction of sp³-hybridized carbons (Fsp3) is 0.357. The lowest BCUT2D eigenvalue weighted by atomic mass is 10.0. The molecule has 0 saturated carbocycles.